The lowest BCUT2D eigenvalue weighted by Crippen LogP contribution is -2.45. The zero-order valence-electron chi connectivity index (χ0n) is 11.7. The molecule has 0 fully saturated rings. The lowest BCUT2D eigenvalue weighted by Gasteiger charge is -2.39. The van der Waals surface area contributed by atoms with Gasteiger partial charge in [-0.25, -0.2) is 0 Å². The summed E-state index contributed by atoms with van der Waals surface area (Å²) in [6.07, 6.45) is 1.76. The Morgan fingerprint density at radius 2 is 1.75 bits per heavy atom. The number of fused-ring (bicyclic) bond motifs is 1. The number of amides is 1. The van der Waals surface area contributed by atoms with Crippen molar-refractivity contribution < 1.29 is 4.79 Å². The molecule has 1 aliphatic carbocycles. The summed E-state index contributed by atoms with van der Waals surface area (Å²) in [5.41, 5.74) is 8.52. The summed E-state index contributed by atoms with van der Waals surface area (Å²) in [5, 5.41) is 0. The monoisotopic (exact) mass is 265 g/mol. The molecule has 0 aromatic heterocycles. The van der Waals surface area contributed by atoms with Crippen LogP contribution in [0.15, 0.2) is 54.6 Å². The van der Waals surface area contributed by atoms with Crippen LogP contribution in [0.5, 0.6) is 0 Å². The van der Waals surface area contributed by atoms with Crippen LogP contribution in [0.2, 0.25) is 0 Å². The second kappa shape index (κ2) is 4.78. The molecule has 0 unspecified atom stereocenters. The van der Waals surface area contributed by atoms with E-state index in [2.05, 4.69) is 19.1 Å². The Balaban J connectivity index is 2.28. The average molecular weight is 265 g/mol. The Morgan fingerprint density at radius 3 is 2.45 bits per heavy atom. The van der Waals surface area contributed by atoms with Gasteiger partial charge >= 0.3 is 0 Å². The third-order valence-corrected chi connectivity index (χ3v) is 4.59. The van der Waals surface area contributed by atoms with E-state index < -0.39 is 5.41 Å². The van der Waals surface area contributed by atoms with Crippen LogP contribution in [0, 0.1) is 0 Å². The maximum atomic E-state index is 12.4. The molecule has 0 saturated heterocycles. The third-order valence-electron chi connectivity index (χ3n) is 4.59. The van der Waals surface area contributed by atoms with Crippen LogP contribution in [0.25, 0.3) is 0 Å². The topological polar surface area (TPSA) is 43.1 Å². The average Bonchev–Trinajstić information content (AvgIpc) is 2.49. The van der Waals surface area contributed by atoms with Crippen LogP contribution in [0.3, 0.4) is 0 Å². The molecule has 0 radical (unpaired) electrons. The number of hydrogen-bond donors (Lipinski definition) is 1. The quantitative estimate of drug-likeness (QED) is 0.889. The maximum Gasteiger partial charge on any atom is 0.232 e. The van der Waals surface area contributed by atoms with Crippen molar-refractivity contribution in [2.75, 3.05) is 0 Å². The summed E-state index contributed by atoms with van der Waals surface area (Å²) in [4.78, 5) is 12.4. The van der Waals surface area contributed by atoms with Crippen LogP contribution in [0.4, 0.5) is 0 Å². The fourth-order valence-corrected chi connectivity index (χ4v) is 3.46. The molecule has 0 aliphatic heterocycles. The molecule has 102 valence electrons. The Hall–Kier alpha value is -2.09. The van der Waals surface area contributed by atoms with Gasteiger partial charge in [0.25, 0.3) is 0 Å². The number of benzene rings is 2. The minimum absolute atomic E-state index is 0.247. The van der Waals surface area contributed by atoms with Crippen LogP contribution < -0.4 is 5.73 Å². The van der Waals surface area contributed by atoms with Gasteiger partial charge in [0.05, 0.1) is 5.41 Å². The maximum absolute atomic E-state index is 12.4. The highest BCUT2D eigenvalue weighted by Crippen LogP contribution is 2.46. The van der Waals surface area contributed by atoms with Crippen molar-refractivity contribution in [1.29, 1.82) is 0 Å². The SMILES string of the molecule is C[C@@H]1CC[C@](C(N)=O)(c2ccccc2)c2ccccc21. The Kier molecular flexibility index (Phi) is 3.09. The summed E-state index contributed by atoms with van der Waals surface area (Å²) in [6, 6.07) is 18.2. The van der Waals surface area contributed by atoms with E-state index in [0.29, 0.717) is 5.92 Å². The van der Waals surface area contributed by atoms with E-state index in [9.17, 15) is 4.79 Å². The highest BCUT2D eigenvalue weighted by Gasteiger charge is 2.44. The Bertz CT molecular complexity index is 635. The smallest absolute Gasteiger partial charge is 0.232 e. The molecule has 2 nitrogen and oxygen atoms in total. The summed E-state index contributed by atoms with van der Waals surface area (Å²) in [7, 11) is 0. The molecule has 1 amide bonds. The summed E-state index contributed by atoms with van der Waals surface area (Å²) in [6.45, 7) is 2.22. The minimum Gasteiger partial charge on any atom is -0.369 e. The molecule has 2 N–H and O–H groups in total. The van der Waals surface area contributed by atoms with E-state index in [1.807, 2.05) is 42.5 Å². The molecule has 2 heteroatoms. The van der Waals surface area contributed by atoms with Crippen molar-refractivity contribution in [3.05, 3.63) is 71.3 Å². The van der Waals surface area contributed by atoms with Gasteiger partial charge in [0.15, 0.2) is 0 Å². The van der Waals surface area contributed by atoms with Crippen molar-refractivity contribution in [2.24, 2.45) is 5.73 Å². The van der Waals surface area contributed by atoms with E-state index in [1.54, 1.807) is 0 Å². The Labute approximate surface area is 119 Å². The molecule has 1 aliphatic rings. The fourth-order valence-electron chi connectivity index (χ4n) is 3.46. The first kappa shape index (κ1) is 12.9. The molecular formula is C18H19NO. The number of nitrogens with two attached hydrogens (primary N) is 1. The molecular weight excluding hydrogens is 246 g/mol. The first-order valence-electron chi connectivity index (χ1n) is 7.11. The first-order chi connectivity index (χ1) is 9.66. The molecule has 0 spiro atoms. The zero-order chi connectivity index (χ0) is 14.2. The lowest BCUT2D eigenvalue weighted by atomic mass is 9.63. The normalized spacial score (nSPS) is 24.9. The fraction of sp³-hybridized carbons (Fsp3) is 0.278. The van der Waals surface area contributed by atoms with Crippen LogP contribution >= 0.6 is 0 Å². The minimum atomic E-state index is -0.676. The van der Waals surface area contributed by atoms with E-state index in [-0.39, 0.29) is 5.91 Å². The molecule has 0 bridgehead atoms. The second-order valence-electron chi connectivity index (χ2n) is 5.66. The number of rotatable bonds is 2. The molecule has 20 heavy (non-hydrogen) atoms. The zero-order valence-corrected chi connectivity index (χ0v) is 11.7. The molecule has 2 aromatic rings. The van der Waals surface area contributed by atoms with E-state index in [4.69, 9.17) is 5.73 Å². The van der Waals surface area contributed by atoms with Gasteiger partial charge < -0.3 is 5.73 Å². The van der Waals surface area contributed by atoms with Crippen molar-refractivity contribution in [2.45, 2.75) is 31.1 Å². The van der Waals surface area contributed by atoms with Gasteiger partial charge in [-0.1, -0.05) is 61.5 Å². The van der Waals surface area contributed by atoms with Gasteiger partial charge in [-0.15, -0.1) is 0 Å². The Morgan fingerprint density at radius 1 is 1.10 bits per heavy atom. The first-order valence-corrected chi connectivity index (χ1v) is 7.11. The second-order valence-corrected chi connectivity index (χ2v) is 5.66. The molecule has 3 rings (SSSR count). The standard InChI is InChI=1S/C18H19NO/c1-13-11-12-18(17(19)20,14-7-3-2-4-8-14)16-10-6-5-9-15(13)16/h2-10,13H,11-12H2,1H3,(H2,19,20)/t13-,18+/m1/s1. The van der Waals surface area contributed by atoms with Crippen LogP contribution in [-0.2, 0) is 10.2 Å². The number of carbonyl (C=O) groups excluding carboxylic acids is 1. The van der Waals surface area contributed by atoms with Gasteiger partial charge in [-0.2, -0.15) is 0 Å². The third kappa shape index (κ3) is 1.75. The van der Waals surface area contributed by atoms with E-state index in [1.165, 1.54) is 5.56 Å². The molecule has 2 atom stereocenters. The van der Waals surface area contributed by atoms with Gasteiger partial charge in [-0.05, 0) is 35.4 Å². The van der Waals surface area contributed by atoms with Crippen LogP contribution in [0.1, 0.15) is 42.4 Å². The number of hydrogen-bond acceptors (Lipinski definition) is 1. The predicted octanol–water partition coefficient (Wildman–Crippen LogP) is 3.36. The van der Waals surface area contributed by atoms with Crippen LogP contribution in [-0.4, -0.2) is 5.91 Å². The molecule has 0 saturated carbocycles. The predicted molar refractivity (Wildman–Crippen MR) is 80.5 cm³/mol. The van der Waals surface area contributed by atoms with Crippen molar-refractivity contribution in [3.8, 4) is 0 Å². The van der Waals surface area contributed by atoms with Crippen molar-refractivity contribution in [1.82, 2.24) is 0 Å². The van der Waals surface area contributed by atoms with Crippen molar-refractivity contribution in [3.63, 3.8) is 0 Å². The highest BCUT2D eigenvalue weighted by atomic mass is 16.1. The van der Waals surface area contributed by atoms with Gasteiger partial charge in [-0.3, -0.25) is 4.79 Å². The van der Waals surface area contributed by atoms with E-state index in [0.717, 1.165) is 24.0 Å². The molecule has 2 aromatic carbocycles. The van der Waals surface area contributed by atoms with E-state index >= 15 is 0 Å². The van der Waals surface area contributed by atoms with Crippen molar-refractivity contribution >= 4 is 5.91 Å². The highest BCUT2D eigenvalue weighted by molar-refractivity contribution is 5.91. The van der Waals surface area contributed by atoms with Gasteiger partial charge in [0, 0.05) is 0 Å². The molecule has 0 heterocycles. The summed E-state index contributed by atoms with van der Waals surface area (Å²) >= 11 is 0. The van der Waals surface area contributed by atoms with Gasteiger partial charge in [0.2, 0.25) is 5.91 Å². The lowest BCUT2D eigenvalue weighted by molar-refractivity contribution is -0.122. The number of primary amides is 1. The number of carbonyl (C=O) groups is 1. The largest absolute Gasteiger partial charge is 0.369 e. The summed E-state index contributed by atoms with van der Waals surface area (Å²) in [5.74, 6) is 0.227. The van der Waals surface area contributed by atoms with Gasteiger partial charge in [0.1, 0.15) is 0 Å². The summed E-state index contributed by atoms with van der Waals surface area (Å²) < 4.78 is 0.